The minimum absolute atomic E-state index is 0. The predicted molar refractivity (Wildman–Crippen MR) is 110 cm³/mol. The SMILES string of the molecule is C.C.CCCC1CC(C)C2C3CC(C(=O)OC4(CC)C=CCC4)C(C3)C12. The van der Waals surface area contributed by atoms with Crippen molar-refractivity contribution in [2.24, 2.45) is 41.4 Å². The van der Waals surface area contributed by atoms with E-state index in [1.165, 1.54) is 25.7 Å². The van der Waals surface area contributed by atoms with E-state index in [2.05, 4.69) is 32.9 Å². The normalized spacial score (nSPS) is 45.1. The average molecular weight is 363 g/mol. The Morgan fingerprint density at radius 2 is 1.92 bits per heavy atom. The van der Waals surface area contributed by atoms with Gasteiger partial charge in [0, 0.05) is 0 Å². The van der Waals surface area contributed by atoms with Crippen molar-refractivity contribution in [2.45, 2.75) is 92.6 Å². The average Bonchev–Trinajstić information content (AvgIpc) is 3.31. The molecule has 0 aromatic heterocycles. The van der Waals surface area contributed by atoms with Crippen molar-refractivity contribution in [1.82, 2.24) is 0 Å². The second kappa shape index (κ2) is 8.07. The largest absolute Gasteiger partial charge is 0.455 e. The molecule has 3 saturated carbocycles. The molecular weight excluding hydrogens is 320 g/mol. The highest BCUT2D eigenvalue weighted by atomic mass is 16.6. The summed E-state index contributed by atoms with van der Waals surface area (Å²) in [4.78, 5) is 13.0. The molecule has 0 spiro atoms. The Bertz CT molecular complexity index is 524. The lowest BCUT2D eigenvalue weighted by atomic mass is 9.71. The number of hydrogen-bond donors (Lipinski definition) is 0. The monoisotopic (exact) mass is 362 g/mol. The molecule has 8 unspecified atom stereocenters. The number of esters is 1. The fourth-order valence-corrected chi connectivity index (χ4v) is 7.14. The van der Waals surface area contributed by atoms with Crippen molar-refractivity contribution in [3.63, 3.8) is 0 Å². The number of carbonyl (C=O) groups excluding carboxylic acids is 1. The van der Waals surface area contributed by atoms with E-state index >= 15 is 0 Å². The molecule has 0 saturated heterocycles. The van der Waals surface area contributed by atoms with Crippen LogP contribution < -0.4 is 0 Å². The topological polar surface area (TPSA) is 26.3 Å². The van der Waals surface area contributed by atoms with Gasteiger partial charge >= 0.3 is 5.97 Å². The molecule has 0 amide bonds. The quantitative estimate of drug-likeness (QED) is 0.404. The summed E-state index contributed by atoms with van der Waals surface area (Å²) in [5.74, 6) is 5.20. The smallest absolute Gasteiger partial charge is 0.310 e. The van der Waals surface area contributed by atoms with Gasteiger partial charge < -0.3 is 4.74 Å². The summed E-state index contributed by atoms with van der Waals surface area (Å²) < 4.78 is 6.13. The summed E-state index contributed by atoms with van der Waals surface area (Å²) in [6, 6.07) is 0. The van der Waals surface area contributed by atoms with Crippen molar-refractivity contribution in [3.05, 3.63) is 12.2 Å². The van der Waals surface area contributed by atoms with Gasteiger partial charge in [0.15, 0.2) is 0 Å². The number of hydrogen-bond acceptors (Lipinski definition) is 2. The van der Waals surface area contributed by atoms with Gasteiger partial charge in [0.1, 0.15) is 5.60 Å². The number of ether oxygens (including phenoxy) is 1. The van der Waals surface area contributed by atoms with Crippen molar-refractivity contribution >= 4 is 5.97 Å². The first-order valence-corrected chi connectivity index (χ1v) is 10.5. The van der Waals surface area contributed by atoms with E-state index in [1.807, 2.05) is 0 Å². The maximum Gasteiger partial charge on any atom is 0.310 e. The summed E-state index contributed by atoms with van der Waals surface area (Å²) in [6.45, 7) is 6.93. The minimum Gasteiger partial charge on any atom is -0.455 e. The van der Waals surface area contributed by atoms with Crippen LogP contribution in [-0.4, -0.2) is 11.6 Å². The van der Waals surface area contributed by atoms with Crippen LogP contribution in [0.15, 0.2) is 12.2 Å². The molecule has 2 heteroatoms. The van der Waals surface area contributed by atoms with Crippen LogP contribution in [0.1, 0.15) is 87.0 Å². The molecule has 3 fully saturated rings. The third kappa shape index (κ3) is 3.27. The Labute approximate surface area is 162 Å². The first-order chi connectivity index (χ1) is 11.6. The highest BCUT2D eigenvalue weighted by Gasteiger charge is 2.61. The van der Waals surface area contributed by atoms with Gasteiger partial charge in [-0.1, -0.05) is 54.5 Å². The van der Waals surface area contributed by atoms with Crippen molar-refractivity contribution in [2.75, 3.05) is 0 Å². The lowest BCUT2D eigenvalue weighted by Gasteiger charge is -2.36. The fraction of sp³-hybridized carbons (Fsp3) is 0.875. The Morgan fingerprint density at radius 3 is 2.54 bits per heavy atom. The maximum absolute atomic E-state index is 13.0. The van der Waals surface area contributed by atoms with Gasteiger partial charge in [-0.3, -0.25) is 4.79 Å². The lowest BCUT2D eigenvalue weighted by molar-refractivity contribution is -0.164. The molecule has 0 radical (unpaired) electrons. The Hall–Kier alpha value is -0.790. The summed E-state index contributed by atoms with van der Waals surface area (Å²) >= 11 is 0. The van der Waals surface area contributed by atoms with Crippen LogP contribution in [0.3, 0.4) is 0 Å². The summed E-state index contributed by atoms with van der Waals surface area (Å²) in [5, 5.41) is 0. The van der Waals surface area contributed by atoms with Gasteiger partial charge in [-0.05, 0) is 80.1 Å². The molecule has 0 N–H and O–H groups in total. The molecule has 0 aromatic carbocycles. The molecule has 0 aromatic rings. The van der Waals surface area contributed by atoms with E-state index in [9.17, 15) is 4.79 Å². The lowest BCUT2D eigenvalue weighted by Crippen LogP contribution is -2.39. The molecule has 26 heavy (non-hydrogen) atoms. The Balaban J connectivity index is 0.00000121. The van der Waals surface area contributed by atoms with E-state index in [0.717, 1.165) is 55.3 Å². The zero-order valence-corrected chi connectivity index (χ0v) is 15.7. The molecule has 4 rings (SSSR count). The van der Waals surface area contributed by atoms with Crippen LogP contribution in [0.4, 0.5) is 0 Å². The van der Waals surface area contributed by atoms with Crippen LogP contribution in [-0.2, 0) is 9.53 Å². The zero-order valence-electron chi connectivity index (χ0n) is 15.7. The summed E-state index contributed by atoms with van der Waals surface area (Å²) in [7, 11) is 0. The van der Waals surface area contributed by atoms with Crippen LogP contribution in [0.25, 0.3) is 0 Å². The predicted octanol–water partition coefficient (Wildman–Crippen LogP) is 6.65. The van der Waals surface area contributed by atoms with Gasteiger partial charge in [0.05, 0.1) is 5.92 Å². The van der Waals surface area contributed by atoms with Gasteiger partial charge in [0.2, 0.25) is 0 Å². The number of rotatable bonds is 5. The van der Waals surface area contributed by atoms with Gasteiger partial charge in [-0.15, -0.1) is 0 Å². The van der Waals surface area contributed by atoms with Crippen molar-refractivity contribution < 1.29 is 9.53 Å². The van der Waals surface area contributed by atoms with Gasteiger partial charge in [-0.25, -0.2) is 0 Å². The maximum atomic E-state index is 13.0. The molecule has 2 bridgehead atoms. The third-order valence-corrected chi connectivity index (χ3v) is 8.03. The fourth-order valence-electron chi connectivity index (χ4n) is 7.14. The standard InChI is InChI=1S/C22H34O2.2CH4/c1-4-8-15-11-14(3)19-16-12-17(20(15)19)18(13-16)21(23)24-22(5-2)9-6-7-10-22;;/h6,9,14-20H,4-5,7-8,10-13H2,1-3H3;2*1H4. The minimum atomic E-state index is -0.288. The Morgan fingerprint density at radius 1 is 1.15 bits per heavy atom. The molecule has 8 atom stereocenters. The second-order valence-electron chi connectivity index (χ2n) is 9.20. The first-order valence-electron chi connectivity index (χ1n) is 10.5. The van der Waals surface area contributed by atoms with Gasteiger partial charge in [-0.2, -0.15) is 0 Å². The van der Waals surface area contributed by atoms with E-state index < -0.39 is 0 Å². The second-order valence-corrected chi connectivity index (χ2v) is 9.20. The molecule has 0 aliphatic heterocycles. The van der Waals surface area contributed by atoms with E-state index in [-0.39, 0.29) is 32.3 Å². The number of allylic oxidation sites excluding steroid dienone is 1. The van der Waals surface area contributed by atoms with Crippen LogP contribution in [0.2, 0.25) is 0 Å². The summed E-state index contributed by atoms with van der Waals surface area (Å²) in [5.41, 5.74) is -0.288. The number of fused-ring (bicyclic) bond motifs is 5. The van der Waals surface area contributed by atoms with E-state index in [1.54, 1.807) is 0 Å². The van der Waals surface area contributed by atoms with E-state index in [0.29, 0.717) is 5.92 Å². The Kier molecular flexibility index (Phi) is 6.67. The summed E-state index contributed by atoms with van der Waals surface area (Å²) in [6.07, 6.45) is 13.7. The molecular formula is C24H42O2. The van der Waals surface area contributed by atoms with Gasteiger partial charge in [0.25, 0.3) is 0 Å². The molecule has 4 aliphatic carbocycles. The highest BCUT2D eigenvalue weighted by Crippen LogP contribution is 2.65. The van der Waals surface area contributed by atoms with Crippen molar-refractivity contribution in [3.8, 4) is 0 Å². The molecule has 150 valence electrons. The third-order valence-electron chi connectivity index (χ3n) is 8.03. The van der Waals surface area contributed by atoms with E-state index in [4.69, 9.17) is 4.74 Å². The molecule has 0 heterocycles. The first kappa shape index (κ1) is 21.5. The highest BCUT2D eigenvalue weighted by molar-refractivity contribution is 5.74. The number of carbonyl (C=O) groups is 1. The van der Waals surface area contributed by atoms with Crippen LogP contribution >= 0.6 is 0 Å². The van der Waals surface area contributed by atoms with Crippen LogP contribution in [0.5, 0.6) is 0 Å². The molecule has 2 nitrogen and oxygen atoms in total. The molecule has 4 aliphatic rings. The van der Waals surface area contributed by atoms with Crippen LogP contribution in [0, 0.1) is 41.4 Å². The van der Waals surface area contributed by atoms with Crippen molar-refractivity contribution in [1.29, 1.82) is 0 Å². The zero-order chi connectivity index (χ0) is 16.9.